The number of esters is 1. The molecule has 0 spiro atoms. The zero-order chi connectivity index (χ0) is 15.0. The number of hydrogen-bond donors (Lipinski definition) is 4. The maximum atomic E-state index is 10.5. The van der Waals surface area contributed by atoms with Crippen LogP contribution in [0.1, 0.15) is 47.0 Å². The van der Waals surface area contributed by atoms with Crippen molar-refractivity contribution in [1.29, 1.82) is 0 Å². The molecule has 8 nitrogen and oxygen atoms in total. The molecule has 2 unspecified atom stereocenters. The normalized spacial score (nSPS) is 23.2. The fourth-order valence-corrected chi connectivity index (χ4v) is 1.66. The molecule has 0 aliphatic carbocycles. The van der Waals surface area contributed by atoms with Crippen molar-refractivity contribution in [3.05, 3.63) is 0 Å². The molecule has 6 N–H and O–H groups in total. The van der Waals surface area contributed by atoms with E-state index in [0.29, 0.717) is 6.42 Å². The lowest BCUT2D eigenvalue weighted by molar-refractivity contribution is -0.158. The average molecular weight is 312 g/mol. The summed E-state index contributed by atoms with van der Waals surface area (Å²) in [6.45, 7) is 3.28. The number of cyclic esters (lactones) is 1. The van der Waals surface area contributed by atoms with Crippen molar-refractivity contribution in [2.45, 2.75) is 71.4 Å². The average Bonchev–Trinajstić information content (AvgIpc) is 2.12. The molecule has 0 saturated carbocycles. The van der Waals surface area contributed by atoms with Gasteiger partial charge in [0.1, 0.15) is 6.10 Å². The van der Waals surface area contributed by atoms with Crippen LogP contribution in [0.4, 0.5) is 0 Å². The largest absolute Gasteiger partial charge is 0.481 e. The maximum Gasteiger partial charge on any atom is 0.308 e. The Balaban J connectivity index is -0.000000282. The lowest BCUT2D eigenvalue weighted by Crippen LogP contribution is -2.30. The van der Waals surface area contributed by atoms with Crippen LogP contribution in [-0.4, -0.2) is 62.3 Å². The third-order valence-electron chi connectivity index (χ3n) is 2.36. The van der Waals surface area contributed by atoms with Crippen molar-refractivity contribution in [3.8, 4) is 0 Å². The first-order valence-electron chi connectivity index (χ1n) is 6.16. The van der Waals surface area contributed by atoms with E-state index in [4.69, 9.17) is 25.2 Å². The van der Waals surface area contributed by atoms with Crippen molar-refractivity contribution in [3.63, 3.8) is 0 Å². The number of rotatable bonds is 4. The third kappa shape index (κ3) is 15.0. The number of aliphatic carboxylic acids is 1. The van der Waals surface area contributed by atoms with Gasteiger partial charge in [0.15, 0.2) is 0 Å². The first-order chi connectivity index (χ1) is 8.70. The van der Waals surface area contributed by atoms with Gasteiger partial charge < -0.3 is 30.6 Å². The lowest BCUT2D eigenvalue weighted by atomic mass is 10.1. The Morgan fingerprint density at radius 3 is 2.29 bits per heavy atom. The standard InChI is InChI=1S/C6H12O4.C6H10O3.CH4.H2O/c1-4(7)2-5(8)3-6(9)10;1-4-2-5(7)3-6(8)9-4;;/h4-5,7-8H,2-3H2,1H3,(H,9,10);4-5,7H,2-3H2,1H3;1H4;1H2/t2*4?,5-;;/m11../s1. The van der Waals surface area contributed by atoms with Crippen LogP contribution in [-0.2, 0) is 14.3 Å². The van der Waals surface area contributed by atoms with Gasteiger partial charge in [0.2, 0.25) is 0 Å². The molecule has 1 heterocycles. The molecule has 1 aliphatic heterocycles. The first kappa shape index (κ1) is 24.8. The monoisotopic (exact) mass is 312 g/mol. The molecule has 0 aromatic rings. The van der Waals surface area contributed by atoms with E-state index in [0.717, 1.165) is 0 Å². The van der Waals surface area contributed by atoms with E-state index < -0.39 is 24.3 Å². The molecule has 0 bridgehead atoms. The lowest BCUT2D eigenvalue weighted by Gasteiger charge is -2.22. The summed E-state index contributed by atoms with van der Waals surface area (Å²) in [6.07, 6.45) is -1.62. The van der Waals surface area contributed by atoms with Crippen molar-refractivity contribution in [2.24, 2.45) is 0 Å². The van der Waals surface area contributed by atoms with Gasteiger partial charge in [0, 0.05) is 6.42 Å². The van der Waals surface area contributed by atoms with Crippen LogP contribution in [0.3, 0.4) is 0 Å². The van der Waals surface area contributed by atoms with Gasteiger partial charge >= 0.3 is 11.9 Å². The molecule has 4 atom stereocenters. The van der Waals surface area contributed by atoms with E-state index >= 15 is 0 Å². The van der Waals surface area contributed by atoms with E-state index in [1.807, 2.05) is 0 Å². The number of ether oxygens (including phenoxy) is 1. The molecule has 0 amide bonds. The summed E-state index contributed by atoms with van der Waals surface area (Å²) in [7, 11) is 0. The Kier molecular flexibility index (Phi) is 14.8. The second kappa shape index (κ2) is 12.5. The predicted molar refractivity (Wildman–Crippen MR) is 75.7 cm³/mol. The van der Waals surface area contributed by atoms with Crippen LogP contribution in [0.25, 0.3) is 0 Å². The summed E-state index contributed by atoms with van der Waals surface area (Å²) in [6, 6.07) is 0. The Bertz CT molecular complexity index is 280. The summed E-state index contributed by atoms with van der Waals surface area (Å²) in [5.41, 5.74) is 0. The molecule has 0 aromatic heterocycles. The van der Waals surface area contributed by atoms with Gasteiger partial charge in [-0.05, 0) is 20.3 Å². The van der Waals surface area contributed by atoms with Crippen LogP contribution in [0.5, 0.6) is 0 Å². The number of hydrogen-bond acceptors (Lipinski definition) is 6. The van der Waals surface area contributed by atoms with Gasteiger partial charge in [-0.3, -0.25) is 9.59 Å². The summed E-state index contributed by atoms with van der Waals surface area (Å²) in [4.78, 5) is 20.5. The van der Waals surface area contributed by atoms with Crippen LogP contribution in [0.2, 0.25) is 0 Å². The van der Waals surface area contributed by atoms with Crippen molar-refractivity contribution < 1.29 is 40.2 Å². The Labute approximate surface area is 124 Å². The number of carboxylic acid groups (broad SMARTS) is 1. The Morgan fingerprint density at radius 1 is 1.43 bits per heavy atom. The molecular formula is C13H28O8. The Hall–Kier alpha value is -1.22. The summed E-state index contributed by atoms with van der Waals surface area (Å²) in [5, 5.41) is 34.6. The van der Waals surface area contributed by atoms with E-state index in [-0.39, 0.29) is 44.2 Å². The van der Waals surface area contributed by atoms with E-state index in [9.17, 15) is 9.59 Å². The number of aliphatic hydroxyl groups excluding tert-OH is 3. The van der Waals surface area contributed by atoms with Crippen LogP contribution in [0, 0.1) is 0 Å². The molecule has 0 aromatic carbocycles. The minimum absolute atomic E-state index is 0. The molecule has 1 saturated heterocycles. The highest BCUT2D eigenvalue weighted by molar-refractivity contribution is 5.70. The highest BCUT2D eigenvalue weighted by Crippen LogP contribution is 2.13. The number of carbonyl (C=O) groups excluding carboxylic acids is 1. The number of carbonyl (C=O) groups is 2. The number of aliphatic hydroxyl groups is 3. The van der Waals surface area contributed by atoms with Crippen molar-refractivity contribution in [2.75, 3.05) is 0 Å². The molecule has 1 fully saturated rings. The number of carboxylic acids is 1. The minimum Gasteiger partial charge on any atom is -0.481 e. The van der Waals surface area contributed by atoms with Gasteiger partial charge in [-0.15, -0.1) is 0 Å². The zero-order valence-electron chi connectivity index (χ0n) is 11.7. The highest BCUT2D eigenvalue weighted by Gasteiger charge is 2.23. The molecule has 128 valence electrons. The second-order valence-electron chi connectivity index (χ2n) is 4.73. The van der Waals surface area contributed by atoms with Crippen molar-refractivity contribution in [1.82, 2.24) is 0 Å². The Morgan fingerprint density at radius 2 is 1.95 bits per heavy atom. The van der Waals surface area contributed by atoms with Gasteiger partial charge in [-0.25, -0.2) is 0 Å². The molecular weight excluding hydrogens is 284 g/mol. The molecule has 1 aliphatic rings. The minimum atomic E-state index is -1.05. The first-order valence-corrected chi connectivity index (χ1v) is 6.16. The fraction of sp³-hybridized carbons (Fsp3) is 0.846. The maximum absolute atomic E-state index is 10.5. The predicted octanol–water partition coefficient (Wildman–Crippen LogP) is -0.523. The van der Waals surface area contributed by atoms with E-state index in [2.05, 4.69) is 0 Å². The van der Waals surface area contributed by atoms with Gasteiger partial charge in [-0.1, -0.05) is 7.43 Å². The summed E-state index contributed by atoms with van der Waals surface area (Å²) in [5.74, 6) is -1.34. The third-order valence-corrected chi connectivity index (χ3v) is 2.36. The molecule has 0 radical (unpaired) electrons. The van der Waals surface area contributed by atoms with Crippen molar-refractivity contribution >= 4 is 11.9 Å². The van der Waals surface area contributed by atoms with Crippen LogP contribution in [0.15, 0.2) is 0 Å². The molecule has 21 heavy (non-hydrogen) atoms. The molecule has 8 heteroatoms. The fourth-order valence-electron chi connectivity index (χ4n) is 1.66. The molecule has 1 rings (SSSR count). The van der Waals surface area contributed by atoms with Gasteiger partial charge in [-0.2, -0.15) is 0 Å². The summed E-state index contributed by atoms with van der Waals surface area (Å²) < 4.78 is 4.76. The quantitative estimate of drug-likeness (QED) is 0.509. The van der Waals surface area contributed by atoms with Crippen LogP contribution < -0.4 is 0 Å². The smallest absolute Gasteiger partial charge is 0.308 e. The van der Waals surface area contributed by atoms with E-state index in [1.165, 1.54) is 6.92 Å². The zero-order valence-corrected chi connectivity index (χ0v) is 11.7. The SMILES string of the molecule is C.CC(O)C[C@@H](O)CC(=O)O.CC1C[C@@H](O)CC(=O)O1.O. The van der Waals surface area contributed by atoms with Crippen LogP contribution >= 0.6 is 0 Å². The van der Waals surface area contributed by atoms with E-state index in [1.54, 1.807) is 6.92 Å². The summed E-state index contributed by atoms with van der Waals surface area (Å²) >= 11 is 0. The van der Waals surface area contributed by atoms with Gasteiger partial charge in [0.25, 0.3) is 0 Å². The highest BCUT2D eigenvalue weighted by atomic mass is 16.5. The second-order valence-corrected chi connectivity index (χ2v) is 4.73. The topological polar surface area (TPSA) is 156 Å². The van der Waals surface area contributed by atoms with Gasteiger partial charge in [0.05, 0.1) is 31.2 Å².